The molecule has 0 aliphatic carbocycles. The normalized spacial score (nSPS) is 19.1. The lowest BCUT2D eigenvalue weighted by Crippen LogP contribution is -2.20. The van der Waals surface area contributed by atoms with Crippen molar-refractivity contribution in [2.24, 2.45) is 0 Å². The quantitative estimate of drug-likeness (QED) is 0.807. The number of carbonyl (C=O) groups is 1. The van der Waals surface area contributed by atoms with Crippen molar-refractivity contribution in [3.63, 3.8) is 0 Å². The predicted molar refractivity (Wildman–Crippen MR) is 71.3 cm³/mol. The number of hydrogen-bond acceptors (Lipinski definition) is 4. The van der Waals surface area contributed by atoms with E-state index in [2.05, 4.69) is 0 Å². The van der Waals surface area contributed by atoms with Crippen molar-refractivity contribution in [1.82, 2.24) is 0 Å². The molecular weight excluding hydrogens is 275 g/mol. The van der Waals surface area contributed by atoms with E-state index in [4.69, 9.17) is 14.2 Å². The molecule has 1 atom stereocenters. The Bertz CT molecular complexity index is 741. The van der Waals surface area contributed by atoms with Gasteiger partial charge in [0.25, 0.3) is 0 Å². The molecule has 0 aromatic heterocycles. The third kappa shape index (κ3) is 2.01. The SMILES string of the molecule is O=C1CC(c2ccc3c(c2)OCO3)Oc2ccc(F)cc21. The molecule has 0 spiro atoms. The van der Waals surface area contributed by atoms with Crippen LogP contribution in [-0.4, -0.2) is 12.6 Å². The van der Waals surface area contributed by atoms with Crippen LogP contribution in [-0.2, 0) is 0 Å². The summed E-state index contributed by atoms with van der Waals surface area (Å²) < 4.78 is 29.6. The van der Waals surface area contributed by atoms with Gasteiger partial charge >= 0.3 is 0 Å². The van der Waals surface area contributed by atoms with E-state index in [1.165, 1.54) is 18.2 Å². The largest absolute Gasteiger partial charge is 0.484 e. The van der Waals surface area contributed by atoms with E-state index in [1.54, 1.807) is 6.07 Å². The Kier molecular flexibility index (Phi) is 2.60. The van der Waals surface area contributed by atoms with Crippen LogP contribution >= 0.6 is 0 Å². The first-order valence-electron chi connectivity index (χ1n) is 6.60. The highest BCUT2D eigenvalue weighted by atomic mass is 19.1. The number of carbonyl (C=O) groups excluding carboxylic acids is 1. The third-order valence-electron chi connectivity index (χ3n) is 3.65. The van der Waals surface area contributed by atoms with Crippen molar-refractivity contribution in [3.05, 3.63) is 53.3 Å². The first kappa shape index (κ1) is 12.2. The molecule has 0 fully saturated rings. The molecule has 4 nitrogen and oxygen atoms in total. The standard InChI is InChI=1S/C16H11FO4/c17-10-2-4-13-11(6-10)12(18)7-15(21-13)9-1-3-14-16(5-9)20-8-19-14/h1-6,15H,7-8H2. The van der Waals surface area contributed by atoms with Crippen LogP contribution in [0.15, 0.2) is 36.4 Å². The highest BCUT2D eigenvalue weighted by Crippen LogP contribution is 2.39. The van der Waals surface area contributed by atoms with Crippen molar-refractivity contribution in [2.75, 3.05) is 6.79 Å². The summed E-state index contributed by atoms with van der Waals surface area (Å²) >= 11 is 0. The number of fused-ring (bicyclic) bond motifs is 2. The predicted octanol–water partition coefficient (Wildman–Crippen LogP) is 3.26. The van der Waals surface area contributed by atoms with Crippen LogP contribution < -0.4 is 14.2 Å². The Morgan fingerprint density at radius 3 is 2.71 bits per heavy atom. The fourth-order valence-corrected chi connectivity index (χ4v) is 2.60. The number of ether oxygens (including phenoxy) is 3. The highest BCUT2D eigenvalue weighted by molar-refractivity contribution is 6.00. The maximum atomic E-state index is 13.2. The molecule has 21 heavy (non-hydrogen) atoms. The Hall–Kier alpha value is -2.56. The molecular formula is C16H11FO4. The molecule has 0 saturated carbocycles. The van der Waals surface area contributed by atoms with Crippen molar-refractivity contribution < 1.29 is 23.4 Å². The van der Waals surface area contributed by atoms with Gasteiger partial charge in [0, 0.05) is 0 Å². The van der Waals surface area contributed by atoms with E-state index in [0.717, 1.165) is 5.56 Å². The minimum Gasteiger partial charge on any atom is -0.484 e. The van der Waals surface area contributed by atoms with Gasteiger partial charge in [0.2, 0.25) is 6.79 Å². The molecule has 0 radical (unpaired) electrons. The Balaban J connectivity index is 1.69. The van der Waals surface area contributed by atoms with Gasteiger partial charge in [-0.05, 0) is 35.9 Å². The van der Waals surface area contributed by atoms with Crippen LogP contribution in [0.2, 0.25) is 0 Å². The third-order valence-corrected chi connectivity index (χ3v) is 3.65. The summed E-state index contributed by atoms with van der Waals surface area (Å²) in [6, 6.07) is 9.45. The van der Waals surface area contributed by atoms with E-state index in [-0.39, 0.29) is 19.0 Å². The van der Waals surface area contributed by atoms with Gasteiger partial charge in [-0.2, -0.15) is 0 Å². The van der Waals surface area contributed by atoms with Crippen LogP contribution in [0.3, 0.4) is 0 Å². The van der Waals surface area contributed by atoms with Crippen LogP contribution in [0, 0.1) is 5.82 Å². The zero-order valence-electron chi connectivity index (χ0n) is 11.0. The second-order valence-corrected chi connectivity index (χ2v) is 4.99. The first-order chi connectivity index (χ1) is 10.2. The summed E-state index contributed by atoms with van der Waals surface area (Å²) in [5.74, 6) is 1.18. The molecule has 1 unspecified atom stereocenters. The molecule has 0 amide bonds. The molecule has 2 aliphatic rings. The van der Waals surface area contributed by atoms with Gasteiger partial charge in [-0.25, -0.2) is 4.39 Å². The van der Waals surface area contributed by atoms with E-state index in [1.807, 2.05) is 12.1 Å². The average Bonchev–Trinajstić information content (AvgIpc) is 2.95. The lowest BCUT2D eigenvalue weighted by atomic mass is 9.96. The zero-order valence-corrected chi connectivity index (χ0v) is 11.0. The van der Waals surface area contributed by atoms with Gasteiger partial charge in [-0.15, -0.1) is 0 Å². The Morgan fingerprint density at radius 1 is 1.00 bits per heavy atom. The van der Waals surface area contributed by atoms with Gasteiger partial charge in [0.1, 0.15) is 17.7 Å². The zero-order chi connectivity index (χ0) is 14.4. The van der Waals surface area contributed by atoms with E-state index < -0.39 is 11.9 Å². The molecule has 2 aliphatic heterocycles. The molecule has 0 saturated heterocycles. The van der Waals surface area contributed by atoms with Crippen molar-refractivity contribution in [2.45, 2.75) is 12.5 Å². The number of halogens is 1. The minimum absolute atomic E-state index is 0.126. The lowest BCUT2D eigenvalue weighted by molar-refractivity contribution is 0.0848. The molecule has 4 rings (SSSR count). The molecule has 106 valence electrons. The fourth-order valence-electron chi connectivity index (χ4n) is 2.60. The minimum atomic E-state index is -0.438. The number of Topliss-reactive ketones (excluding diaryl/α,β-unsaturated/α-hetero) is 1. The summed E-state index contributed by atoms with van der Waals surface area (Å²) in [5, 5.41) is 0. The highest BCUT2D eigenvalue weighted by Gasteiger charge is 2.29. The second kappa shape index (κ2) is 4.48. The number of ketones is 1. The summed E-state index contributed by atoms with van der Waals surface area (Å²) in [5.41, 5.74) is 1.13. The summed E-state index contributed by atoms with van der Waals surface area (Å²) in [6.07, 6.45) is -0.222. The van der Waals surface area contributed by atoms with Crippen LogP contribution in [0.4, 0.5) is 4.39 Å². The van der Waals surface area contributed by atoms with Crippen LogP contribution in [0.25, 0.3) is 0 Å². The number of rotatable bonds is 1. The summed E-state index contributed by atoms with van der Waals surface area (Å²) in [7, 11) is 0. The number of benzene rings is 2. The van der Waals surface area contributed by atoms with Gasteiger partial charge in [0.05, 0.1) is 12.0 Å². The molecule has 5 heteroatoms. The van der Waals surface area contributed by atoms with Gasteiger partial charge in [-0.3, -0.25) is 4.79 Å². The molecule has 2 aromatic rings. The van der Waals surface area contributed by atoms with E-state index in [9.17, 15) is 9.18 Å². The van der Waals surface area contributed by atoms with Gasteiger partial charge < -0.3 is 14.2 Å². The van der Waals surface area contributed by atoms with E-state index in [0.29, 0.717) is 22.8 Å². The van der Waals surface area contributed by atoms with Gasteiger partial charge in [0.15, 0.2) is 17.3 Å². The van der Waals surface area contributed by atoms with Crippen LogP contribution in [0.5, 0.6) is 17.2 Å². The molecule has 0 N–H and O–H groups in total. The maximum Gasteiger partial charge on any atom is 0.231 e. The number of hydrogen-bond donors (Lipinski definition) is 0. The molecule has 0 bridgehead atoms. The van der Waals surface area contributed by atoms with Crippen LogP contribution in [0.1, 0.15) is 28.4 Å². The summed E-state index contributed by atoms with van der Waals surface area (Å²) in [6.45, 7) is 0.200. The lowest BCUT2D eigenvalue weighted by Gasteiger charge is -2.25. The van der Waals surface area contributed by atoms with Crippen molar-refractivity contribution >= 4 is 5.78 Å². The monoisotopic (exact) mass is 286 g/mol. The fraction of sp³-hybridized carbons (Fsp3) is 0.188. The van der Waals surface area contributed by atoms with E-state index >= 15 is 0 Å². The molecule has 2 aromatic carbocycles. The Morgan fingerprint density at radius 2 is 1.81 bits per heavy atom. The smallest absolute Gasteiger partial charge is 0.231 e. The summed E-state index contributed by atoms with van der Waals surface area (Å²) in [4.78, 5) is 12.2. The van der Waals surface area contributed by atoms with Crippen molar-refractivity contribution in [3.8, 4) is 17.2 Å². The second-order valence-electron chi connectivity index (χ2n) is 4.99. The topological polar surface area (TPSA) is 44.8 Å². The average molecular weight is 286 g/mol. The first-order valence-corrected chi connectivity index (χ1v) is 6.60. The molecule has 2 heterocycles. The maximum absolute atomic E-state index is 13.2. The Labute approximate surface area is 120 Å². The van der Waals surface area contributed by atoms with Gasteiger partial charge in [-0.1, -0.05) is 6.07 Å². The van der Waals surface area contributed by atoms with Crippen molar-refractivity contribution in [1.29, 1.82) is 0 Å².